The molecule has 2 amide bonds. The van der Waals surface area contributed by atoms with Crippen LogP contribution in [0.5, 0.6) is 11.5 Å². The molecule has 4 aromatic rings. The lowest BCUT2D eigenvalue weighted by atomic mass is 9.98. The molecule has 0 fully saturated rings. The number of benzene rings is 4. The zero-order chi connectivity index (χ0) is 31.9. The molecule has 0 saturated carbocycles. The van der Waals surface area contributed by atoms with Gasteiger partial charge in [-0.15, -0.1) is 0 Å². The van der Waals surface area contributed by atoms with Crippen LogP contribution in [0.1, 0.15) is 26.3 Å². The van der Waals surface area contributed by atoms with E-state index in [0.717, 1.165) is 5.56 Å². The van der Waals surface area contributed by atoms with Gasteiger partial charge in [0.1, 0.15) is 16.4 Å². The molecule has 0 spiro atoms. The van der Waals surface area contributed by atoms with Crippen molar-refractivity contribution in [2.45, 2.75) is 11.8 Å². The van der Waals surface area contributed by atoms with Crippen LogP contribution in [0.25, 0.3) is 11.1 Å². The molecule has 0 atom stereocenters. The predicted octanol–water partition coefficient (Wildman–Crippen LogP) is 5.02. The van der Waals surface area contributed by atoms with Crippen molar-refractivity contribution in [1.82, 2.24) is 10.2 Å². The van der Waals surface area contributed by atoms with E-state index in [1.807, 2.05) is 13.0 Å². The van der Waals surface area contributed by atoms with Gasteiger partial charge < -0.3 is 25.0 Å². The van der Waals surface area contributed by atoms with Gasteiger partial charge in [0.15, 0.2) is 0 Å². The maximum absolute atomic E-state index is 13.6. The van der Waals surface area contributed by atoms with Gasteiger partial charge in [0.25, 0.3) is 21.8 Å². The molecule has 0 unspecified atom stereocenters. The molecule has 4 rings (SSSR count). The monoisotopic (exact) mass is 616 g/mol. The fourth-order valence-corrected chi connectivity index (χ4v) is 5.80. The van der Waals surface area contributed by atoms with Gasteiger partial charge in [-0.3, -0.25) is 14.3 Å². The second-order valence-electron chi connectivity index (χ2n) is 10.2. The first-order valence-corrected chi connectivity index (χ1v) is 15.3. The van der Waals surface area contributed by atoms with Gasteiger partial charge in [0.2, 0.25) is 0 Å². The molecule has 0 aliphatic rings. The topological polar surface area (TPSA) is 126 Å². The summed E-state index contributed by atoms with van der Waals surface area (Å²) in [6, 6.07) is 24.0. The predicted molar refractivity (Wildman–Crippen MR) is 172 cm³/mol. The summed E-state index contributed by atoms with van der Waals surface area (Å²) in [5.41, 5.74) is 4.16. The Balaban J connectivity index is 1.48. The second kappa shape index (κ2) is 14.0. The van der Waals surface area contributed by atoms with E-state index < -0.39 is 10.0 Å². The van der Waals surface area contributed by atoms with Gasteiger partial charge in [-0.2, -0.15) is 0 Å². The quantitative estimate of drug-likeness (QED) is 0.191. The summed E-state index contributed by atoms with van der Waals surface area (Å²) < 4.78 is 40.5. The van der Waals surface area contributed by atoms with Gasteiger partial charge in [-0.05, 0) is 84.3 Å². The second-order valence-corrected chi connectivity index (χ2v) is 11.9. The van der Waals surface area contributed by atoms with Crippen LogP contribution in [0.3, 0.4) is 0 Å². The van der Waals surface area contributed by atoms with E-state index >= 15 is 0 Å². The van der Waals surface area contributed by atoms with E-state index in [1.165, 1.54) is 12.0 Å². The van der Waals surface area contributed by atoms with Crippen LogP contribution in [0.15, 0.2) is 89.8 Å². The van der Waals surface area contributed by atoms with Gasteiger partial charge in [0.05, 0.1) is 19.9 Å². The summed E-state index contributed by atoms with van der Waals surface area (Å²) in [5, 5.41) is 6.04. The van der Waals surface area contributed by atoms with Gasteiger partial charge in [-0.25, -0.2) is 8.42 Å². The maximum Gasteiger partial charge on any atom is 0.265 e. The summed E-state index contributed by atoms with van der Waals surface area (Å²) >= 11 is 0. The Hall–Kier alpha value is -5.03. The molecule has 0 aromatic heterocycles. The smallest absolute Gasteiger partial charge is 0.265 e. The first-order valence-electron chi connectivity index (χ1n) is 13.8. The van der Waals surface area contributed by atoms with Gasteiger partial charge in [-0.1, -0.05) is 24.3 Å². The molecule has 0 aliphatic heterocycles. The Morgan fingerprint density at radius 3 is 2.23 bits per heavy atom. The number of carbonyl (C=O) groups is 2. The Kier molecular flexibility index (Phi) is 10.1. The minimum absolute atomic E-state index is 0.0384. The first kappa shape index (κ1) is 31.9. The number of ether oxygens (including phenoxy) is 2. The highest BCUT2D eigenvalue weighted by atomic mass is 32.2. The van der Waals surface area contributed by atoms with Crippen molar-refractivity contribution in [3.8, 4) is 22.6 Å². The summed E-state index contributed by atoms with van der Waals surface area (Å²) in [6.07, 6.45) is 0. The highest BCUT2D eigenvalue weighted by molar-refractivity contribution is 7.92. The van der Waals surface area contributed by atoms with Crippen molar-refractivity contribution in [1.29, 1.82) is 0 Å². The molecule has 11 heteroatoms. The lowest BCUT2D eigenvalue weighted by molar-refractivity contribution is 0.0827. The third-order valence-corrected chi connectivity index (χ3v) is 8.22. The van der Waals surface area contributed by atoms with Crippen LogP contribution in [-0.4, -0.2) is 66.5 Å². The number of sulfonamides is 1. The van der Waals surface area contributed by atoms with Crippen molar-refractivity contribution in [3.05, 3.63) is 102 Å². The Morgan fingerprint density at radius 2 is 1.50 bits per heavy atom. The van der Waals surface area contributed by atoms with E-state index in [-0.39, 0.29) is 22.5 Å². The zero-order valence-electron chi connectivity index (χ0n) is 25.3. The van der Waals surface area contributed by atoms with Gasteiger partial charge >= 0.3 is 0 Å². The van der Waals surface area contributed by atoms with Crippen molar-refractivity contribution in [2.75, 3.05) is 51.4 Å². The Morgan fingerprint density at radius 1 is 0.795 bits per heavy atom. The van der Waals surface area contributed by atoms with Crippen molar-refractivity contribution < 1.29 is 27.5 Å². The fourth-order valence-electron chi connectivity index (χ4n) is 4.57. The number of hydrogen-bond donors (Lipinski definition) is 3. The van der Waals surface area contributed by atoms with Crippen LogP contribution in [-0.2, 0) is 10.0 Å². The fraction of sp³-hybridized carbons (Fsp3) is 0.212. The van der Waals surface area contributed by atoms with E-state index in [4.69, 9.17) is 9.47 Å². The van der Waals surface area contributed by atoms with Crippen molar-refractivity contribution in [2.24, 2.45) is 0 Å². The average molecular weight is 617 g/mol. The molecule has 0 bridgehead atoms. The van der Waals surface area contributed by atoms with Crippen LogP contribution in [0.4, 0.5) is 11.4 Å². The number of amides is 2. The van der Waals surface area contributed by atoms with Gasteiger partial charge in [0, 0.05) is 44.0 Å². The van der Waals surface area contributed by atoms with Crippen LogP contribution < -0.4 is 24.8 Å². The number of aryl methyl sites for hydroxylation is 1. The zero-order valence-corrected chi connectivity index (χ0v) is 26.1. The molecule has 0 aliphatic carbocycles. The number of carbonyl (C=O) groups excluding carboxylic acids is 2. The molecule has 3 N–H and O–H groups in total. The standard InChI is InChI=1S/C33H36N4O6S/c1-22-17-30(43-5)31(21-29(22)23-9-6-11-25(18-23)33(39)37(2)3)44(40,41)36-27-13-8-12-26(20-27)34-15-16-35-32(38)24-10-7-14-28(19-24)42-4/h6-14,17-21,34,36H,15-16H2,1-5H3,(H,35,38). The third-order valence-electron chi connectivity index (χ3n) is 6.81. The molecular formula is C33H36N4O6S. The van der Waals surface area contributed by atoms with Crippen LogP contribution in [0, 0.1) is 6.92 Å². The van der Waals surface area contributed by atoms with E-state index in [2.05, 4.69) is 15.4 Å². The summed E-state index contributed by atoms with van der Waals surface area (Å²) in [6.45, 7) is 2.61. The lowest BCUT2D eigenvalue weighted by Gasteiger charge is -2.17. The van der Waals surface area contributed by atoms with Crippen LogP contribution >= 0.6 is 0 Å². The first-order chi connectivity index (χ1) is 21.0. The normalized spacial score (nSPS) is 10.9. The third kappa shape index (κ3) is 7.67. The molecule has 230 valence electrons. The molecule has 0 radical (unpaired) electrons. The number of methoxy groups -OCH3 is 2. The largest absolute Gasteiger partial charge is 0.497 e. The SMILES string of the molecule is COc1cccc(C(=O)NCCNc2cccc(NS(=O)(=O)c3cc(-c4cccc(C(=O)N(C)C)c4)c(C)cc3OC)c2)c1. The molecule has 44 heavy (non-hydrogen) atoms. The highest BCUT2D eigenvalue weighted by Crippen LogP contribution is 2.35. The lowest BCUT2D eigenvalue weighted by Crippen LogP contribution is -2.28. The molecular weight excluding hydrogens is 580 g/mol. The number of anilines is 2. The number of hydrogen-bond acceptors (Lipinski definition) is 7. The van der Waals surface area contributed by atoms with Crippen molar-refractivity contribution in [3.63, 3.8) is 0 Å². The van der Waals surface area contributed by atoms with Crippen LogP contribution in [0.2, 0.25) is 0 Å². The van der Waals surface area contributed by atoms with E-state index in [9.17, 15) is 18.0 Å². The minimum atomic E-state index is -4.08. The Labute approximate surface area is 258 Å². The molecule has 0 heterocycles. The number of nitrogens with one attached hydrogen (secondary N) is 3. The molecule has 10 nitrogen and oxygen atoms in total. The number of nitrogens with zero attached hydrogens (tertiary/aromatic N) is 1. The summed E-state index contributed by atoms with van der Waals surface area (Å²) in [7, 11) is 2.24. The number of rotatable bonds is 12. The Bertz CT molecular complexity index is 1770. The highest BCUT2D eigenvalue weighted by Gasteiger charge is 2.23. The molecule has 4 aromatic carbocycles. The molecule has 0 saturated heterocycles. The van der Waals surface area contributed by atoms with Crippen molar-refractivity contribution >= 4 is 33.2 Å². The van der Waals surface area contributed by atoms with E-state index in [0.29, 0.717) is 52.5 Å². The summed E-state index contributed by atoms with van der Waals surface area (Å²) in [5.74, 6) is 0.412. The minimum Gasteiger partial charge on any atom is -0.497 e. The van der Waals surface area contributed by atoms with E-state index in [1.54, 1.807) is 100 Å². The maximum atomic E-state index is 13.6. The average Bonchev–Trinajstić information content (AvgIpc) is 3.02. The summed E-state index contributed by atoms with van der Waals surface area (Å²) in [4.78, 5) is 26.4.